The Morgan fingerprint density at radius 3 is 2.24 bits per heavy atom. The zero-order valence-electron chi connectivity index (χ0n) is 18.9. The zero-order valence-corrected chi connectivity index (χ0v) is 20.5. The maximum Gasteiger partial charge on any atom is 0.268 e. The summed E-state index contributed by atoms with van der Waals surface area (Å²) in [7, 11) is -3.77. The predicted molar refractivity (Wildman–Crippen MR) is 136 cm³/mol. The van der Waals surface area contributed by atoms with Crippen molar-refractivity contribution in [1.29, 1.82) is 0 Å². The highest BCUT2D eigenvalue weighted by Gasteiger charge is 2.25. The minimum absolute atomic E-state index is 0.198. The van der Waals surface area contributed by atoms with E-state index < -0.39 is 10.0 Å². The number of fused-ring (bicyclic) bond motifs is 1. The van der Waals surface area contributed by atoms with E-state index in [9.17, 15) is 8.42 Å². The van der Waals surface area contributed by atoms with E-state index >= 15 is 0 Å². The molecule has 1 atom stereocenters. The zero-order chi connectivity index (χ0) is 23.7. The minimum atomic E-state index is -3.77. The molecule has 5 aromatic rings. The van der Waals surface area contributed by atoms with Gasteiger partial charge in [0.15, 0.2) is 11.0 Å². The number of thioether (sulfide) groups is 1. The molecule has 0 aliphatic heterocycles. The first-order valence-corrected chi connectivity index (χ1v) is 13.4. The topological polar surface area (TPSA) is 69.8 Å². The van der Waals surface area contributed by atoms with Crippen LogP contribution < -0.4 is 0 Å². The molecular formula is C26H24N4O2S2. The molecule has 0 fully saturated rings. The van der Waals surface area contributed by atoms with E-state index in [4.69, 9.17) is 0 Å². The van der Waals surface area contributed by atoms with Crippen molar-refractivity contribution < 1.29 is 8.42 Å². The Balaban J connectivity index is 1.61. The number of aromatic nitrogens is 4. The first-order chi connectivity index (χ1) is 16.5. The van der Waals surface area contributed by atoms with E-state index in [-0.39, 0.29) is 10.1 Å². The maximum absolute atomic E-state index is 13.5. The lowest BCUT2D eigenvalue weighted by molar-refractivity contribution is 0.589. The van der Waals surface area contributed by atoms with Gasteiger partial charge in [-0.3, -0.25) is 0 Å². The van der Waals surface area contributed by atoms with Crippen molar-refractivity contribution in [2.45, 2.75) is 35.7 Å². The molecule has 5 rings (SSSR count). The van der Waals surface area contributed by atoms with Crippen LogP contribution in [0.25, 0.3) is 22.3 Å². The van der Waals surface area contributed by atoms with Crippen molar-refractivity contribution >= 4 is 32.7 Å². The Kier molecular flexibility index (Phi) is 6.02. The number of hydrogen-bond donors (Lipinski definition) is 0. The van der Waals surface area contributed by atoms with Gasteiger partial charge >= 0.3 is 0 Å². The number of rotatable bonds is 7. The summed E-state index contributed by atoms with van der Waals surface area (Å²) in [5.41, 5.74) is 2.56. The van der Waals surface area contributed by atoms with Gasteiger partial charge in [0.1, 0.15) is 0 Å². The van der Waals surface area contributed by atoms with E-state index in [1.807, 2.05) is 54.0 Å². The second kappa shape index (κ2) is 9.12. The van der Waals surface area contributed by atoms with Gasteiger partial charge in [0, 0.05) is 28.9 Å². The van der Waals surface area contributed by atoms with Crippen molar-refractivity contribution in [2.24, 2.45) is 0 Å². The summed E-state index contributed by atoms with van der Waals surface area (Å²) in [5, 5.41) is 10.8. The summed E-state index contributed by atoms with van der Waals surface area (Å²) in [5.74, 6) is 0.656. The summed E-state index contributed by atoms with van der Waals surface area (Å²) in [6.45, 7) is 4.85. The third-order valence-corrected chi connectivity index (χ3v) is 8.63. The number of benzene rings is 3. The summed E-state index contributed by atoms with van der Waals surface area (Å²) in [4.78, 5) is 0.243. The summed E-state index contributed by atoms with van der Waals surface area (Å²) >= 11 is 1.64. The Morgan fingerprint density at radius 2 is 1.53 bits per heavy atom. The molecule has 2 aromatic heterocycles. The van der Waals surface area contributed by atoms with Gasteiger partial charge < -0.3 is 4.57 Å². The quantitative estimate of drug-likeness (QED) is 0.262. The standard InChI is InChI=1S/C26H24N4O2S2/c1-3-29-25(27-28-26(29)33-19(2)20-12-6-4-7-13-20)23-18-30(24-17-11-10-16-22(23)24)34(31,32)21-14-8-5-9-15-21/h4-19H,3H2,1-2H3. The molecule has 0 spiro atoms. The number of para-hydroxylation sites is 1. The highest BCUT2D eigenvalue weighted by Crippen LogP contribution is 2.37. The van der Waals surface area contributed by atoms with Crippen molar-refractivity contribution in [3.05, 3.63) is 96.7 Å². The molecule has 0 bridgehead atoms. The van der Waals surface area contributed by atoms with Gasteiger partial charge in [0.2, 0.25) is 0 Å². The Labute approximate surface area is 203 Å². The van der Waals surface area contributed by atoms with Crippen LogP contribution in [0.15, 0.2) is 101 Å². The highest BCUT2D eigenvalue weighted by atomic mass is 32.2. The molecule has 0 radical (unpaired) electrons. The molecule has 0 aliphatic carbocycles. The van der Waals surface area contributed by atoms with Gasteiger partial charge in [0.25, 0.3) is 10.0 Å². The normalized spacial score (nSPS) is 12.8. The SMILES string of the molecule is CCn1c(SC(C)c2ccccc2)nnc1-c1cn(S(=O)(=O)c2ccccc2)c2ccccc12. The van der Waals surface area contributed by atoms with Crippen LogP contribution in [0.3, 0.4) is 0 Å². The fourth-order valence-electron chi connectivity index (χ4n) is 4.04. The Morgan fingerprint density at radius 1 is 0.882 bits per heavy atom. The molecule has 0 amide bonds. The van der Waals surface area contributed by atoms with Crippen LogP contribution in [0.5, 0.6) is 0 Å². The first-order valence-electron chi connectivity index (χ1n) is 11.1. The Hall–Kier alpha value is -3.36. The van der Waals surface area contributed by atoms with Crippen LogP contribution in [-0.4, -0.2) is 27.2 Å². The van der Waals surface area contributed by atoms with Gasteiger partial charge in [-0.25, -0.2) is 12.4 Å². The van der Waals surface area contributed by atoms with Gasteiger partial charge in [-0.05, 0) is 37.6 Å². The molecule has 6 nitrogen and oxygen atoms in total. The molecule has 0 N–H and O–H groups in total. The van der Waals surface area contributed by atoms with Gasteiger partial charge in [-0.1, -0.05) is 78.5 Å². The third-order valence-electron chi connectivity index (χ3n) is 5.80. The van der Waals surface area contributed by atoms with Crippen LogP contribution in [0.1, 0.15) is 24.7 Å². The molecule has 2 heterocycles. The number of nitrogens with zero attached hydrogens (tertiary/aromatic N) is 4. The summed E-state index contributed by atoms with van der Waals surface area (Å²) < 4.78 is 30.3. The fourth-order valence-corrected chi connectivity index (χ4v) is 6.47. The maximum atomic E-state index is 13.5. The van der Waals surface area contributed by atoms with E-state index in [2.05, 4.69) is 29.3 Å². The predicted octanol–water partition coefficient (Wildman–Crippen LogP) is 6.01. The number of hydrogen-bond acceptors (Lipinski definition) is 5. The second-order valence-corrected chi connectivity index (χ2v) is 11.0. The van der Waals surface area contributed by atoms with E-state index in [0.29, 0.717) is 17.9 Å². The Bertz CT molecular complexity index is 1540. The van der Waals surface area contributed by atoms with Gasteiger partial charge in [-0.2, -0.15) is 0 Å². The monoisotopic (exact) mass is 488 g/mol. The molecule has 34 heavy (non-hydrogen) atoms. The molecule has 0 saturated carbocycles. The molecule has 3 aromatic carbocycles. The smallest absolute Gasteiger partial charge is 0.268 e. The molecule has 0 aliphatic rings. The summed E-state index contributed by atoms with van der Waals surface area (Å²) in [6, 6.07) is 26.3. The average Bonchev–Trinajstić information content (AvgIpc) is 3.46. The van der Waals surface area contributed by atoms with Crippen LogP contribution >= 0.6 is 11.8 Å². The largest absolute Gasteiger partial charge is 0.302 e. The molecule has 1 unspecified atom stereocenters. The molecule has 8 heteroatoms. The lowest BCUT2D eigenvalue weighted by Gasteiger charge is -2.12. The van der Waals surface area contributed by atoms with E-state index in [1.165, 1.54) is 9.54 Å². The van der Waals surface area contributed by atoms with E-state index in [0.717, 1.165) is 16.1 Å². The second-order valence-electron chi connectivity index (χ2n) is 7.90. The molecule has 0 saturated heterocycles. The van der Waals surface area contributed by atoms with E-state index in [1.54, 1.807) is 48.3 Å². The molecule has 172 valence electrons. The van der Waals surface area contributed by atoms with Crippen molar-refractivity contribution in [2.75, 3.05) is 0 Å². The van der Waals surface area contributed by atoms with Gasteiger partial charge in [0.05, 0.1) is 10.4 Å². The first kappa shape index (κ1) is 22.4. The fraction of sp³-hybridized carbons (Fsp3) is 0.154. The lowest BCUT2D eigenvalue weighted by atomic mass is 10.1. The van der Waals surface area contributed by atoms with Crippen molar-refractivity contribution in [3.8, 4) is 11.4 Å². The van der Waals surface area contributed by atoms with Crippen LogP contribution in [-0.2, 0) is 16.6 Å². The van der Waals surface area contributed by atoms with Crippen LogP contribution in [0.2, 0.25) is 0 Å². The van der Waals surface area contributed by atoms with Crippen LogP contribution in [0.4, 0.5) is 0 Å². The average molecular weight is 489 g/mol. The molecular weight excluding hydrogens is 464 g/mol. The summed E-state index contributed by atoms with van der Waals surface area (Å²) in [6.07, 6.45) is 1.66. The van der Waals surface area contributed by atoms with Crippen molar-refractivity contribution in [1.82, 2.24) is 18.7 Å². The minimum Gasteiger partial charge on any atom is -0.302 e. The lowest BCUT2D eigenvalue weighted by Crippen LogP contribution is -2.11. The van der Waals surface area contributed by atoms with Crippen molar-refractivity contribution in [3.63, 3.8) is 0 Å². The van der Waals surface area contributed by atoms with Crippen LogP contribution in [0, 0.1) is 0 Å². The highest BCUT2D eigenvalue weighted by molar-refractivity contribution is 7.99. The third kappa shape index (κ3) is 3.93. The van der Waals surface area contributed by atoms with Gasteiger partial charge in [-0.15, -0.1) is 10.2 Å².